The lowest BCUT2D eigenvalue weighted by atomic mass is 9.49. The maximum atomic E-state index is 13.1. The van der Waals surface area contributed by atoms with Crippen LogP contribution in [-0.4, -0.2) is 10.9 Å². The summed E-state index contributed by atoms with van der Waals surface area (Å²) >= 11 is 6.51. The van der Waals surface area contributed by atoms with E-state index in [1.54, 1.807) is 0 Å². The first-order valence-corrected chi connectivity index (χ1v) is 12.7. The molecule has 4 nitrogen and oxygen atoms in total. The summed E-state index contributed by atoms with van der Waals surface area (Å²) in [6.45, 7) is 4.32. The van der Waals surface area contributed by atoms with Crippen LogP contribution in [0.1, 0.15) is 70.3 Å². The lowest BCUT2D eigenvalue weighted by Crippen LogP contribution is -2.47. The highest BCUT2D eigenvalue weighted by atomic mass is 35.5. The molecule has 1 amide bonds. The molecule has 4 aliphatic rings. The van der Waals surface area contributed by atoms with Gasteiger partial charge < -0.3 is 9.73 Å². The van der Waals surface area contributed by atoms with Crippen LogP contribution in [-0.2, 0) is 4.79 Å². The lowest BCUT2D eigenvalue weighted by Gasteiger charge is -2.56. The van der Waals surface area contributed by atoms with E-state index in [9.17, 15) is 4.79 Å². The number of aromatic nitrogens is 1. The summed E-state index contributed by atoms with van der Waals surface area (Å²) in [6.07, 6.45) is 8.52. The second-order valence-electron chi connectivity index (χ2n) is 11.2. The first-order valence-electron chi connectivity index (χ1n) is 12.4. The molecule has 4 aliphatic carbocycles. The maximum absolute atomic E-state index is 13.1. The Hall–Kier alpha value is -2.33. The number of fused-ring (bicyclic) bond motifs is 1. The largest absolute Gasteiger partial charge is 0.436 e. The number of amides is 1. The Morgan fingerprint density at radius 3 is 2.45 bits per heavy atom. The molecule has 33 heavy (non-hydrogen) atoms. The number of hydrogen-bond acceptors (Lipinski definition) is 3. The van der Waals surface area contributed by atoms with Gasteiger partial charge in [-0.05, 0) is 104 Å². The Bertz CT molecular complexity index is 1190. The van der Waals surface area contributed by atoms with E-state index in [1.165, 1.54) is 44.1 Å². The summed E-state index contributed by atoms with van der Waals surface area (Å²) in [6, 6.07) is 11.7. The van der Waals surface area contributed by atoms with Gasteiger partial charge in [-0.25, -0.2) is 4.98 Å². The van der Waals surface area contributed by atoms with Gasteiger partial charge in [0.05, 0.1) is 10.6 Å². The number of rotatable bonds is 5. The first-order chi connectivity index (χ1) is 15.9. The molecule has 1 aromatic heterocycles. The summed E-state index contributed by atoms with van der Waals surface area (Å²) in [5, 5.41) is 3.70. The van der Waals surface area contributed by atoms with Crippen LogP contribution in [0.4, 0.5) is 5.69 Å². The van der Waals surface area contributed by atoms with Crippen molar-refractivity contribution >= 4 is 34.3 Å². The number of benzene rings is 2. The number of nitrogens with one attached hydrogen (secondary N) is 1. The smallest absolute Gasteiger partial charge is 0.228 e. The highest BCUT2D eigenvalue weighted by molar-refractivity contribution is 6.33. The zero-order chi connectivity index (χ0) is 22.7. The molecule has 4 fully saturated rings. The van der Waals surface area contributed by atoms with Gasteiger partial charge >= 0.3 is 0 Å². The van der Waals surface area contributed by atoms with Crippen molar-refractivity contribution in [2.45, 2.75) is 64.7 Å². The second-order valence-corrected chi connectivity index (χ2v) is 11.6. The molecule has 1 heterocycles. The third kappa shape index (κ3) is 3.97. The summed E-state index contributed by atoms with van der Waals surface area (Å²) in [7, 11) is 0. The van der Waals surface area contributed by atoms with Crippen molar-refractivity contribution in [2.75, 3.05) is 5.32 Å². The number of hydrogen-bond donors (Lipinski definition) is 1. The van der Waals surface area contributed by atoms with Gasteiger partial charge in [0.2, 0.25) is 11.8 Å². The third-order valence-corrected chi connectivity index (χ3v) is 8.59. The number of carbonyl (C=O) groups is 1. The second kappa shape index (κ2) is 7.87. The molecule has 0 spiro atoms. The first kappa shape index (κ1) is 21.2. The quantitative estimate of drug-likeness (QED) is 0.420. The van der Waals surface area contributed by atoms with E-state index in [0.29, 0.717) is 28.8 Å². The van der Waals surface area contributed by atoms with E-state index in [1.807, 2.05) is 24.3 Å². The molecule has 0 atom stereocenters. The van der Waals surface area contributed by atoms with Gasteiger partial charge in [0.1, 0.15) is 5.52 Å². The number of nitrogens with zero attached hydrogens (tertiary/aromatic N) is 1. The zero-order valence-electron chi connectivity index (χ0n) is 19.4. The van der Waals surface area contributed by atoms with E-state index in [0.717, 1.165) is 34.5 Å². The summed E-state index contributed by atoms with van der Waals surface area (Å²) < 4.78 is 6.01. The average molecular weight is 463 g/mol. The van der Waals surface area contributed by atoms with Crippen molar-refractivity contribution in [1.82, 2.24) is 4.98 Å². The van der Waals surface area contributed by atoms with E-state index in [4.69, 9.17) is 21.0 Å². The molecule has 0 aliphatic heterocycles. The topological polar surface area (TPSA) is 55.1 Å². The van der Waals surface area contributed by atoms with E-state index >= 15 is 0 Å². The van der Waals surface area contributed by atoms with Crippen LogP contribution in [0.3, 0.4) is 0 Å². The molecule has 7 rings (SSSR count). The minimum atomic E-state index is 0.115. The Morgan fingerprint density at radius 1 is 1.09 bits per heavy atom. The zero-order valence-corrected chi connectivity index (χ0v) is 20.1. The van der Waals surface area contributed by atoms with Crippen molar-refractivity contribution in [1.29, 1.82) is 0 Å². The molecule has 0 unspecified atom stereocenters. The monoisotopic (exact) mass is 462 g/mol. The molecular formula is C28H31ClN2O2. The Labute approximate surface area is 200 Å². The molecule has 4 bridgehead atoms. The fourth-order valence-corrected chi connectivity index (χ4v) is 7.44. The van der Waals surface area contributed by atoms with Gasteiger partial charge in [-0.15, -0.1) is 0 Å². The van der Waals surface area contributed by atoms with Crippen LogP contribution in [0.2, 0.25) is 5.02 Å². The fourth-order valence-electron chi connectivity index (χ4n) is 7.24. The fraction of sp³-hybridized carbons (Fsp3) is 0.500. The Kier molecular flexibility index (Phi) is 5.06. The normalized spacial score (nSPS) is 28.1. The molecule has 1 N–H and O–H groups in total. The van der Waals surface area contributed by atoms with Crippen LogP contribution in [0.5, 0.6) is 0 Å². The van der Waals surface area contributed by atoms with Gasteiger partial charge in [0.25, 0.3) is 0 Å². The molecule has 2 aromatic carbocycles. The summed E-state index contributed by atoms with van der Waals surface area (Å²) in [5.41, 5.74) is 4.45. The highest BCUT2D eigenvalue weighted by Gasteiger charge is 2.51. The third-order valence-electron chi connectivity index (χ3n) is 8.26. The van der Waals surface area contributed by atoms with Crippen LogP contribution in [0, 0.1) is 23.2 Å². The van der Waals surface area contributed by atoms with Crippen LogP contribution < -0.4 is 5.32 Å². The number of carbonyl (C=O) groups excluding carboxylic acids is 1. The van der Waals surface area contributed by atoms with E-state index < -0.39 is 0 Å². The minimum Gasteiger partial charge on any atom is -0.436 e. The Balaban J connectivity index is 1.22. The molecule has 0 saturated heterocycles. The van der Waals surface area contributed by atoms with Crippen LogP contribution in [0.15, 0.2) is 40.8 Å². The van der Waals surface area contributed by atoms with Gasteiger partial charge in [0, 0.05) is 12.1 Å². The van der Waals surface area contributed by atoms with Gasteiger partial charge in [-0.2, -0.15) is 0 Å². The number of halogens is 1. The van der Waals surface area contributed by atoms with Crippen LogP contribution in [0.25, 0.3) is 22.6 Å². The number of anilines is 1. The molecule has 4 saturated carbocycles. The maximum Gasteiger partial charge on any atom is 0.228 e. The average Bonchev–Trinajstić information content (AvgIpc) is 3.16. The van der Waals surface area contributed by atoms with Gasteiger partial charge in [0.15, 0.2) is 5.58 Å². The van der Waals surface area contributed by atoms with Crippen LogP contribution >= 0.6 is 11.6 Å². The molecule has 172 valence electrons. The lowest BCUT2D eigenvalue weighted by molar-refractivity contribution is -0.124. The molecule has 0 radical (unpaired) electrons. The van der Waals surface area contributed by atoms with Crippen molar-refractivity contribution in [3.63, 3.8) is 0 Å². The highest BCUT2D eigenvalue weighted by Crippen LogP contribution is 2.61. The standard InChI is InChI=1S/C28H31ClN2O2/c1-16(2)20-3-6-25-24(10-20)31-27(33-25)22-11-21(4-5-23(22)29)30-26(32)15-28-12-17-7-18(13-28)9-19(8-17)14-28/h3-6,10-11,16-19H,7-9,12-15H2,1-2H3,(H,30,32). The molecular weight excluding hydrogens is 432 g/mol. The van der Waals surface area contributed by atoms with E-state index in [2.05, 4.69) is 31.3 Å². The molecule has 5 heteroatoms. The predicted octanol–water partition coefficient (Wildman–Crippen LogP) is 7.82. The summed E-state index contributed by atoms with van der Waals surface area (Å²) in [4.78, 5) is 17.8. The van der Waals surface area contributed by atoms with Gasteiger partial charge in [-0.1, -0.05) is 31.5 Å². The van der Waals surface area contributed by atoms with Crippen molar-refractivity contribution in [3.05, 3.63) is 47.0 Å². The molecule has 3 aromatic rings. The van der Waals surface area contributed by atoms with Gasteiger partial charge in [-0.3, -0.25) is 4.79 Å². The van der Waals surface area contributed by atoms with Crippen molar-refractivity contribution in [3.8, 4) is 11.5 Å². The number of oxazole rings is 1. The van der Waals surface area contributed by atoms with Crippen molar-refractivity contribution < 1.29 is 9.21 Å². The minimum absolute atomic E-state index is 0.115. The Morgan fingerprint density at radius 2 is 1.79 bits per heavy atom. The van der Waals surface area contributed by atoms with E-state index in [-0.39, 0.29) is 11.3 Å². The predicted molar refractivity (Wildman–Crippen MR) is 132 cm³/mol. The van der Waals surface area contributed by atoms with Crippen molar-refractivity contribution in [2.24, 2.45) is 23.2 Å². The SMILES string of the molecule is CC(C)c1ccc2oc(-c3cc(NC(=O)CC45CC6CC(CC(C6)C4)C5)ccc3Cl)nc2c1. The summed E-state index contributed by atoms with van der Waals surface area (Å²) in [5.74, 6) is 3.56.